The van der Waals surface area contributed by atoms with Crippen LogP contribution in [-0.4, -0.2) is 9.13 Å². The predicted molar refractivity (Wildman–Crippen MR) is 73.3 cm³/mol. The van der Waals surface area contributed by atoms with Gasteiger partial charge in [0.2, 0.25) is 0 Å². The Morgan fingerprint density at radius 2 is 1.63 bits per heavy atom. The average molecular weight is 252 g/mol. The summed E-state index contributed by atoms with van der Waals surface area (Å²) in [5, 5.41) is 0. The van der Waals surface area contributed by atoms with Crippen molar-refractivity contribution in [2.24, 2.45) is 0 Å². The molecule has 0 atom stereocenters. The first kappa shape index (κ1) is 10.6. The Hall–Kier alpha value is -2.29. The van der Waals surface area contributed by atoms with Crippen molar-refractivity contribution in [1.82, 2.24) is 9.13 Å². The molecule has 0 spiro atoms. The maximum absolute atomic E-state index is 13.0. The number of benzene rings is 1. The fraction of sp³-hybridized carbons (Fsp3) is 0.125. The summed E-state index contributed by atoms with van der Waals surface area (Å²) in [5.74, 6) is -0.193. The molecule has 0 aliphatic carbocycles. The van der Waals surface area contributed by atoms with E-state index < -0.39 is 0 Å². The zero-order valence-corrected chi connectivity index (χ0v) is 10.4. The van der Waals surface area contributed by atoms with E-state index in [9.17, 15) is 4.39 Å². The number of nitrogens with zero attached hydrogens (tertiary/aromatic N) is 2. The van der Waals surface area contributed by atoms with Crippen molar-refractivity contribution in [1.29, 1.82) is 0 Å². The maximum Gasteiger partial charge on any atom is 0.123 e. The first-order valence-corrected chi connectivity index (χ1v) is 6.43. The number of hydrogen-bond acceptors (Lipinski definition) is 0. The minimum Gasteiger partial charge on any atom is -0.345 e. The number of halogens is 1. The summed E-state index contributed by atoms with van der Waals surface area (Å²) in [4.78, 5) is 0. The fourth-order valence-corrected chi connectivity index (χ4v) is 2.77. The van der Waals surface area contributed by atoms with Crippen LogP contribution in [0.25, 0.3) is 22.5 Å². The highest BCUT2D eigenvalue weighted by Crippen LogP contribution is 2.31. The van der Waals surface area contributed by atoms with Crippen LogP contribution in [0.3, 0.4) is 0 Å². The molecule has 0 saturated carbocycles. The van der Waals surface area contributed by atoms with Gasteiger partial charge in [0.25, 0.3) is 0 Å². The molecule has 0 unspecified atom stereocenters. The van der Waals surface area contributed by atoms with Crippen molar-refractivity contribution in [3.05, 3.63) is 60.7 Å². The summed E-state index contributed by atoms with van der Waals surface area (Å²) >= 11 is 0. The minimum absolute atomic E-state index is 0.193. The molecule has 3 aromatic rings. The van der Waals surface area contributed by atoms with Gasteiger partial charge in [-0.25, -0.2) is 4.39 Å². The van der Waals surface area contributed by atoms with E-state index in [0.29, 0.717) is 0 Å². The van der Waals surface area contributed by atoms with Crippen molar-refractivity contribution >= 4 is 0 Å². The molecule has 1 aromatic carbocycles. The monoisotopic (exact) mass is 252 g/mol. The van der Waals surface area contributed by atoms with Crippen LogP contribution < -0.4 is 0 Å². The zero-order chi connectivity index (χ0) is 12.8. The third-order valence-corrected chi connectivity index (χ3v) is 3.75. The Morgan fingerprint density at radius 3 is 2.47 bits per heavy atom. The molecule has 4 rings (SSSR count). The molecule has 1 aliphatic heterocycles. The van der Waals surface area contributed by atoms with E-state index in [2.05, 4.69) is 39.7 Å². The molecule has 3 heteroatoms. The standard InChI is InChI=1S/C16H13FN2/c17-14-5-3-12(4-6-14)13-10-16-15-2-1-7-18(15)8-9-19(16)11-13/h1-7,10-11H,8-9H2. The molecule has 0 bridgehead atoms. The van der Waals surface area contributed by atoms with Gasteiger partial charge in [0, 0.05) is 31.0 Å². The Morgan fingerprint density at radius 1 is 0.842 bits per heavy atom. The number of hydrogen-bond donors (Lipinski definition) is 0. The highest BCUT2D eigenvalue weighted by molar-refractivity contribution is 5.71. The van der Waals surface area contributed by atoms with Crippen molar-refractivity contribution < 1.29 is 4.39 Å². The van der Waals surface area contributed by atoms with Gasteiger partial charge in [0.05, 0.1) is 11.4 Å². The van der Waals surface area contributed by atoms with Crippen molar-refractivity contribution in [2.45, 2.75) is 13.1 Å². The van der Waals surface area contributed by atoms with Gasteiger partial charge in [-0.15, -0.1) is 0 Å². The van der Waals surface area contributed by atoms with Gasteiger partial charge in [0.1, 0.15) is 5.82 Å². The molecular formula is C16H13FN2. The van der Waals surface area contributed by atoms with Crippen LogP contribution in [0.5, 0.6) is 0 Å². The SMILES string of the molecule is Fc1ccc(-c2cc3n(c2)CCn2cccc2-3)cc1. The molecule has 2 nitrogen and oxygen atoms in total. The van der Waals surface area contributed by atoms with E-state index in [1.165, 1.54) is 23.5 Å². The van der Waals surface area contributed by atoms with Gasteiger partial charge in [-0.2, -0.15) is 0 Å². The van der Waals surface area contributed by atoms with Crippen molar-refractivity contribution in [3.63, 3.8) is 0 Å². The van der Waals surface area contributed by atoms with E-state index >= 15 is 0 Å². The first-order valence-electron chi connectivity index (χ1n) is 6.43. The highest BCUT2D eigenvalue weighted by Gasteiger charge is 2.16. The zero-order valence-electron chi connectivity index (χ0n) is 10.4. The molecule has 19 heavy (non-hydrogen) atoms. The maximum atomic E-state index is 13.0. The van der Waals surface area contributed by atoms with Crippen LogP contribution >= 0.6 is 0 Å². The molecule has 2 aromatic heterocycles. The Kier molecular flexibility index (Phi) is 2.15. The molecule has 94 valence electrons. The van der Waals surface area contributed by atoms with Crippen LogP contribution in [0, 0.1) is 5.82 Å². The van der Waals surface area contributed by atoms with Crippen LogP contribution in [0.2, 0.25) is 0 Å². The van der Waals surface area contributed by atoms with Gasteiger partial charge >= 0.3 is 0 Å². The summed E-state index contributed by atoms with van der Waals surface area (Å²) in [6, 6.07) is 13.1. The van der Waals surface area contributed by atoms with Gasteiger partial charge < -0.3 is 9.13 Å². The van der Waals surface area contributed by atoms with Crippen LogP contribution in [0.15, 0.2) is 54.9 Å². The Labute approximate surface area is 110 Å². The third-order valence-electron chi connectivity index (χ3n) is 3.75. The topological polar surface area (TPSA) is 9.86 Å². The number of aromatic nitrogens is 2. The summed E-state index contributed by atoms with van der Waals surface area (Å²) in [7, 11) is 0. The molecule has 0 fully saturated rings. The lowest BCUT2D eigenvalue weighted by atomic mass is 10.1. The summed E-state index contributed by atoms with van der Waals surface area (Å²) in [6.07, 6.45) is 4.27. The van der Waals surface area contributed by atoms with Crippen LogP contribution in [0.1, 0.15) is 0 Å². The molecule has 0 saturated heterocycles. The second-order valence-electron chi connectivity index (χ2n) is 4.90. The number of aryl methyl sites for hydroxylation is 2. The van der Waals surface area contributed by atoms with E-state index in [1.54, 1.807) is 0 Å². The average Bonchev–Trinajstić information content (AvgIpc) is 3.04. The summed E-state index contributed by atoms with van der Waals surface area (Å²) in [6.45, 7) is 1.99. The van der Waals surface area contributed by atoms with Gasteiger partial charge in [-0.1, -0.05) is 12.1 Å². The van der Waals surface area contributed by atoms with E-state index in [1.807, 2.05) is 12.1 Å². The van der Waals surface area contributed by atoms with Gasteiger partial charge in [-0.05, 0) is 35.9 Å². The second kappa shape index (κ2) is 3.85. The predicted octanol–water partition coefficient (Wildman–Crippen LogP) is 3.78. The molecule has 0 amide bonds. The molecule has 0 N–H and O–H groups in total. The van der Waals surface area contributed by atoms with Crippen molar-refractivity contribution in [2.75, 3.05) is 0 Å². The van der Waals surface area contributed by atoms with Gasteiger partial charge in [0.15, 0.2) is 0 Å². The third kappa shape index (κ3) is 1.62. The summed E-state index contributed by atoms with van der Waals surface area (Å²) < 4.78 is 17.5. The number of rotatable bonds is 1. The van der Waals surface area contributed by atoms with Gasteiger partial charge in [-0.3, -0.25) is 0 Å². The highest BCUT2D eigenvalue weighted by atomic mass is 19.1. The molecular weight excluding hydrogens is 239 g/mol. The second-order valence-corrected chi connectivity index (χ2v) is 4.90. The molecule has 0 radical (unpaired) electrons. The quantitative estimate of drug-likeness (QED) is 0.624. The van der Waals surface area contributed by atoms with E-state index in [0.717, 1.165) is 24.2 Å². The minimum atomic E-state index is -0.193. The lowest BCUT2D eigenvalue weighted by molar-refractivity contribution is 0.561. The first-order chi connectivity index (χ1) is 9.31. The molecule has 3 heterocycles. The smallest absolute Gasteiger partial charge is 0.123 e. The lowest BCUT2D eigenvalue weighted by Gasteiger charge is -2.18. The Bertz CT molecular complexity index is 734. The molecule has 1 aliphatic rings. The summed E-state index contributed by atoms with van der Waals surface area (Å²) in [5.41, 5.74) is 4.68. The van der Waals surface area contributed by atoms with E-state index in [4.69, 9.17) is 0 Å². The number of fused-ring (bicyclic) bond motifs is 3. The Balaban J connectivity index is 1.84. The van der Waals surface area contributed by atoms with E-state index in [-0.39, 0.29) is 5.82 Å². The van der Waals surface area contributed by atoms with Crippen molar-refractivity contribution in [3.8, 4) is 22.5 Å². The fourth-order valence-electron chi connectivity index (χ4n) is 2.77. The van der Waals surface area contributed by atoms with Crippen LogP contribution in [-0.2, 0) is 13.1 Å². The largest absolute Gasteiger partial charge is 0.345 e. The lowest BCUT2D eigenvalue weighted by Crippen LogP contribution is -2.14. The van der Waals surface area contributed by atoms with Crippen LogP contribution in [0.4, 0.5) is 4.39 Å². The normalized spacial score (nSPS) is 13.1.